The van der Waals surface area contributed by atoms with Gasteiger partial charge in [0.2, 0.25) is 0 Å². The highest BCUT2D eigenvalue weighted by Crippen LogP contribution is 2.32. The largest absolute Gasteiger partial charge is 0.507 e. The number of aromatic hydroxyl groups is 1. The first-order valence-corrected chi connectivity index (χ1v) is 3.85. The number of nitrogens with two attached hydrogens (primary N) is 1. The molecule has 0 radical (unpaired) electrons. The molecule has 0 saturated carbocycles. The highest BCUT2D eigenvalue weighted by atomic mass is 16.5. The molecule has 0 bridgehead atoms. The van der Waals surface area contributed by atoms with Crippen LogP contribution in [0.25, 0.3) is 0 Å². The number of hydrogen-bond donors (Lipinski definition) is 2. The van der Waals surface area contributed by atoms with Crippen molar-refractivity contribution in [2.75, 3.05) is 14.2 Å². The van der Waals surface area contributed by atoms with Crippen LogP contribution in [-0.4, -0.2) is 25.2 Å². The predicted molar refractivity (Wildman–Crippen MR) is 49.7 cm³/mol. The summed E-state index contributed by atoms with van der Waals surface area (Å²) in [5, 5.41) is 9.44. The van der Waals surface area contributed by atoms with Gasteiger partial charge < -0.3 is 20.3 Å². The summed E-state index contributed by atoms with van der Waals surface area (Å²) in [6.45, 7) is 0. The van der Waals surface area contributed by atoms with Gasteiger partial charge in [-0.15, -0.1) is 0 Å². The number of carbonyl (C=O) groups is 1. The van der Waals surface area contributed by atoms with Crippen LogP contribution >= 0.6 is 0 Å². The normalized spacial score (nSPS) is 9.57. The van der Waals surface area contributed by atoms with Crippen molar-refractivity contribution >= 4 is 5.91 Å². The number of methoxy groups -OCH3 is 2. The Hall–Kier alpha value is -1.91. The molecule has 3 N–H and O–H groups in total. The summed E-state index contributed by atoms with van der Waals surface area (Å²) in [7, 11) is 2.82. The number of ether oxygens (including phenoxy) is 2. The van der Waals surface area contributed by atoms with Gasteiger partial charge >= 0.3 is 0 Å². The summed E-state index contributed by atoms with van der Waals surface area (Å²) in [5.74, 6) is -0.422. The first-order valence-electron chi connectivity index (χ1n) is 3.85. The van der Waals surface area contributed by atoms with Crippen LogP contribution < -0.4 is 15.2 Å². The molecule has 5 nitrogen and oxygen atoms in total. The molecule has 76 valence electrons. The van der Waals surface area contributed by atoms with Crippen molar-refractivity contribution in [3.05, 3.63) is 17.7 Å². The van der Waals surface area contributed by atoms with E-state index in [9.17, 15) is 9.90 Å². The number of benzene rings is 1. The van der Waals surface area contributed by atoms with Gasteiger partial charge in [-0.3, -0.25) is 4.79 Å². The van der Waals surface area contributed by atoms with Crippen molar-refractivity contribution in [3.63, 3.8) is 0 Å². The van der Waals surface area contributed by atoms with E-state index in [-0.39, 0.29) is 17.1 Å². The van der Waals surface area contributed by atoms with E-state index in [0.717, 1.165) is 0 Å². The zero-order valence-corrected chi connectivity index (χ0v) is 7.90. The van der Waals surface area contributed by atoms with Crippen molar-refractivity contribution in [1.29, 1.82) is 0 Å². The lowest BCUT2D eigenvalue weighted by Crippen LogP contribution is -2.12. The Bertz CT molecular complexity index is 362. The number of carbonyl (C=O) groups excluding carboxylic acids is 1. The molecule has 0 fully saturated rings. The Morgan fingerprint density at radius 1 is 1.36 bits per heavy atom. The Morgan fingerprint density at radius 3 is 2.43 bits per heavy atom. The maximum Gasteiger partial charge on any atom is 0.256 e. The lowest BCUT2D eigenvalue weighted by molar-refractivity contribution is 0.0994. The second kappa shape index (κ2) is 3.87. The van der Waals surface area contributed by atoms with Crippen LogP contribution in [0.4, 0.5) is 0 Å². The molecule has 0 unspecified atom stereocenters. The summed E-state index contributed by atoms with van der Waals surface area (Å²) in [5.41, 5.74) is 5.01. The van der Waals surface area contributed by atoms with Crippen molar-refractivity contribution < 1.29 is 19.4 Å². The smallest absolute Gasteiger partial charge is 0.256 e. The van der Waals surface area contributed by atoms with Crippen LogP contribution in [-0.2, 0) is 0 Å². The van der Waals surface area contributed by atoms with E-state index in [1.807, 2.05) is 0 Å². The average molecular weight is 197 g/mol. The molecule has 0 aliphatic heterocycles. The second-order valence-corrected chi connectivity index (χ2v) is 2.59. The van der Waals surface area contributed by atoms with Gasteiger partial charge in [0.25, 0.3) is 5.91 Å². The Morgan fingerprint density at radius 2 is 2.00 bits per heavy atom. The average Bonchev–Trinajstić information content (AvgIpc) is 2.15. The molecule has 0 aliphatic rings. The van der Waals surface area contributed by atoms with E-state index in [0.29, 0.717) is 5.75 Å². The van der Waals surface area contributed by atoms with Crippen LogP contribution in [0.15, 0.2) is 12.1 Å². The highest BCUT2D eigenvalue weighted by molar-refractivity contribution is 5.98. The molecule has 0 aliphatic carbocycles. The zero-order chi connectivity index (χ0) is 10.7. The number of hydrogen-bond acceptors (Lipinski definition) is 4. The van der Waals surface area contributed by atoms with Gasteiger partial charge in [0.15, 0.2) is 0 Å². The SMILES string of the molecule is COc1cc(O)c(C(N)=O)c(OC)c1. The molecule has 1 aromatic carbocycles. The summed E-state index contributed by atoms with van der Waals surface area (Å²) in [6.07, 6.45) is 0. The molecule has 5 heteroatoms. The summed E-state index contributed by atoms with van der Waals surface area (Å²) >= 11 is 0. The predicted octanol–water partition coefficient (Wildman–Crippen LogP) is 0.508. The third-order valence-electron chi connectivity index (χ3n) is 1.76. The summed E-state index contributed by atoms with van der Waals surface area (Å²) in [4.78, 5) is 10.9. The topological polar surface area (TPSA) is 81.8 Å². The molecular weight excluding hydrogens is 186 g/mol. The second-order valence-electron chi connectivity index (χ2n) is 2.59. The van der Waals surface area contributed by atoms with E-state index in [2.05, 4.69) is 0 Å². The van der Waals surface area contributed by atoms with Gasteiger partial charge in [0, 0.05) is 12.1 Å². The van der Waals surface area contributed by atoms with Crippen LogP contribution in [0.5, 0.6) is 17.2 Å². The number of amides is 1. The van der Waals surface area contributed by atoms with Crippen LogP contribution in [0.1, 0.15) is 10.4 Å². The van der Waals surface area contributed by atoms with Crippen molar-refractivity contribution in [2.24, 2.45) is 5.73 Å². The molecule has 1 amide bonds. The Kier molecular flexibility index (Phi) is 2.81. The Balaban J connectivity index is 3.34. The molecule has 1 rings (SSSR count). The third kappa shape index (κ3) is 1.71. The maximum atomic E-state index is 10.9. The minimum Gasteiger partial charge on any atom is -0.507 e. The molecule has 0 saturated heterocycles. The third-order valence-corrected chi connectivity index (χ3v) is 1.76. The first kappa shape index (κ1) is 10.2. The molecule has 0 atom stereocenters. The van der Waals surface area contributed by atoms with E-state index in [4.69, 9.17) is 15.2 Å². The van der Waals surface area contributed by atoms with Crippen molar-refractivity contribution in [1.82, 2.24) is 0 Å². The van der Waals surface area contributed by atoms with Crippen LogP contribution in [0.2, 0.25) is 0 Å². The summed E-state index contributed by atoms with van der Waals surface area (Å²) in [6, 6.07) is 2.77. The van der Waals surface area contributed by atoms with Gasteiger partial charge in [0.05, 0.1) is 14.2 Å². The lowest BCUT2D eigenvalue weighted by Gasteiger charge is -2.09. The van der Waals surface area contributed by atoms with E-state index < -0.39 is 5.91 Å². The van der Waals surface area contributed by atoms with E-state index >= 15 is 0 Å². The van der Waals surface area contributed by atoms with Gasteiger partial charge in [-0.05, 0) is 0 Å². The van der Waals surface area contributed by atoms with Gasteiger partial charge in [-0.25, -0.2) is 0 Å². The van der Waals surface area contributed by atoms with Crippen molar-refractivity contribution in [2.45, 2.75) is 0 Å². The van der Waals surface area contributed by atoms with Crippen LogP contribution in [0, 0.1) is 0 Å². The molecule has 1 aromatic rings. The number of rotatable bonds is 3. The van der Waals surface area contributed by atoms with Crippen molar-refractivity contribution in [3.8, 4) is 17.2 Å². The minimum atomic E-state index is -0.748. The Labute approximate surface area is 81.0 Å². The lowest BCUT2D eigenvalue weighted by atomic mass is 10.1. The van der Waals surface area contributed by atoms with E-state index in [1.54, 1.807) is 0 Å². The monoisotopic (exact) mass is 197 g/mol. The fraction of sp³-hybridized carbons (Fsp3) is 0.222. The number of phenols is 1. The fourth-order valence-electron chi connectivity index (χ4n) is 1.10. The maximum absolute atomic E-state index is 10.9. The molecule has 0 heterocycles. The molecule has 0 aromatic heterocycles. The van der Waals surface area contributed by atoms with E-state index in [1.165, 1.54) is 26.4 Å². The molecular formula is C9H11NO4. The summed E-state index contributed by atoms with van der Waals surface area (Å²) < 4.78 is 9.77. The quantitative estimate of drug-likeness (QED) is 0.739. The first-order chi connectivity index (χ1) is 6.60. The van der Waals surface area contributed by atoms with Gasteiger partial charge in [0.1, 0.15) is 22.8 Å². The number of primary amides is 1. The zero-order valence-electron chi connectivity index (χ0n) is 7.90. The van der Waals surface area contributed by atoms with Gasteiger partial charge in [-0.2, -0.15) is 0 Å². The minimum absolute atomic E-state index is 0.0479. The molecule has 14 heavy (non-hydrogen) atoms. The fourth-order valence-corrected chi connectivity index (χ4v) is 1.10. The molecule has 0 spiro atoms. The highest BCUT2D eigenvalue weighted by Gasteiger charge is 2.16. The standard InChI is InChI=1S/C9H11NO4/c1-13-5-3-6(11)8(9(10)12)7(4-5)14-2/h3-4,11H,1-2H3,(H2,10,12). The van der Waals surface area contributed by atoms with Crippen LogP contribution in [0.3, 0.4) is 0 Å². The van der Waals surface area contributed by atoms with Gasteiger partial charge in [-0.1, -0.05) is 0 Å².